The minimum Gasteiger partial charge on any atom is -0.483 e. The topological polar surface area (TPSA) is 58.6 Å². The summed E-state index contributed by atoms with van der Waals surface area (Å²) in [6.45, 7) is 10.2. The summed E-state index contributed by atoms with van der Waals surface area (Å²) in [6, 6.07) is 11.7. The highest BCUT2D eigenvalue weighted by atomic mass is 16.5. The fraction of sp³-hybridized carbons (Fsp3) is 0.500. The maximum absolute atomic E-state index is 13.3. The first-order valence-electron chi connectivity index (χ1n) is 12.1. The number of aryl methyl sites for hydroxylation is 3. The van der Waals surface area contributed by atoms with Crippen molar-refractivity contribution in [2.45, 2.75) is 85.4 Å². The van der Waals surface area contributed by atoms with Crippen molar-refractivity contribution in [3.8, 4) is 5.75 Å². The smallest absolute Gasteiger partial charge is 0.261 e. The van der Waals surface area contributed by atoms with Gasteiger partial charge in [0.05, 0.1) is 0 Å². The van der Waals surface area contributed by atoms with E-state index < -0.39 is 6.04 Å². The predicted molar refractivity (Wildman–Crippen MR) is 132 cm³/mol. The monoisotopic (exact) mass is 450 g/mol. The molecule has 1 saturated carbocycles. The Balaban J connectivity index is 1.75. The molecule has 1 aliphatic carbocycles. The molecule has 33 heavy (non-hydrogen) atoms. The number of amides is 2. The highest BCUT2D eigenvalue weighted by molar-refractivity contribution is 5.88. The van der Waals surface area contributed by atoms with Crippen molar-refractivity contribution in [2.75, 3.05) is 6.61 Å². The Labute approximate surface area is 198 Å². The SMILES string of the molecule is Cc1cccc(CN(C(=O)COc2cc(C)cc(C)c2C)[C@@H](C)C(=O)NC2CCCCC2)c1. The van der Waals surface area contributed by atoms with E-state index in [9.17, 15) is 9.59 Å². The van der Waals surface area contributed by atoms with Crippen LogP contribution < -0.4 is 10.1 Å². The molecule has 1 N–H and O–H groups in total. The van der Waals surface area contributed by atoms with Crippen LogP contribution in [0.3, 0.4) is 0 Å². The number of hydrogen-bond acceptors (Lipinski definition) is 3. The maximum atomic E-state index is 13.3. The molecule has 0 aromatic heterocycles. The lowest BCUT2D eigenvalue weighted by molar-refractivity contribution is -0.142. The Kier molecular flexibility index (Phi) is 8.54. The molecule has 0 radical (unpaired) electrons. The van der Waals surface area contributed by atoms with Crippen molar-refractivity contribution in [3.63, 3.8) is 0 Å². The Morgan fingerprint density at radius 2 is 1.76 bits per heavy atom. The average molecular weight is 451 g/mol. The summed E-state index contributed by atoms with van der Waals surface area (Å²) < 4.78 is 5.96. The quantitative estimate of drug-likeness (QED) is 0.604. The molecule has 0 saturated heterocycles. The van der Waals surface area contributed by atoms with Crippen molar-refractivity contribution < 1.29 is 14.3 Å². The van der Waals surface area contributed by atoms with E-state index in [1.807, 2.05) is 58.9 Å². The first-order valence-corrected chi connectivity index (χ1v) is 12.1. The summed E-state index contributed by atoms with van der Waals surface area (Å²) in [6.07, 6.45) is 5.55. The molecule has 0 unspecified atom stereocenters. The van der Waals surface area contributed by atoms with E-state index in [0.29, 0.717) is 6.54 Å². The number of benzene rings is 2. The molecule has 2 aromatic rings. The number of nitrogens with zero attached hydrogens (tertiary/aromatic N) is 1. The van der Waals surface area contributed by atoms with Crippen LogP contribution in [-0.4, -0.2) is 35.4 Å². The third-order valence-electron chi connectivity index (χ3n) is 6.67. The van der Waals surface area contributed by atoms with Crippen molar-refractivity contribution in [1.29, 1.82) is 0 Å². The van der Waals surface area contributed by atoms with Crippen molar-refractivity contribution in [1.82, 2.24) is 10.2 Å². The van der Waals surface area contributed by atoms with Gasteiger partial charge in [0.25, 0.3) is 5.91 Å². The van der Waals surface area contributed by atoms with Gasteiger partial charge in [0.2, 0.25) is 5.91 Å². The summed E-state index contributed by atoms with van der Waals surface area (Å²) in [5.41, 5.74) is 5.39. The van der Waals surface area contributed by atoms with Gasteiger partial charge in [-0.1, -0.05) is 55.2 Å². The Morgan fingerprint density at radius 3 is 2.45 bits per heavy atom. The molecule has 1 atom stereocenters. The second-order valence-corrected chi connectivity index (χ2v) is 9.52. The van der Waals surface area contributed by atoms with Crippen LogP contribution in [0.4, 0.5) is 0 Å². The van der Waals surface area contributed by atoms with Gasteiger partial charge in [-0.15, -0.1) is 0 Å². The first-order chi connectivity index (χ1) is 15.7. The normalized spacial score (nSPS) is 15.1. The van der Waals surface area contributed by atoms with Gasteiger partial charge in [-0.05, 0) is 75.8 Å². The standard InChI is InChI=1S/C28H38N2O3/c1-19-10-9-11-24(15-19)17-30(23(5)28(32)29-25-12-7-6-8-13-25)27(31)18-33-26-16-20(2)14-21(3)22(26)4/h9-11,14-16,23,25H,6-8,12-13,17-18H2,1-5H3,(H,29,32)/t23-/m0/s1. The second kappa shape index (κ2) is 11.4. The fourth-order valence-corrected chi connectivity index (χ4v) is 4.53. The molecule has 0 aliphatic heterocycles. The Hall–Kier alpha value is -2.82. The molecule has 5 heteroatoms. The van der Waals surface area contributed by atoms with Crippen molar-refractivity contribution in [2.24, 2.45) is 0 Å². The number of carbonyl (C=O) groups excluding carboxylic acids is 2. The summed E-state index contributed by atoms with van der Waals surface area (Å²) in [7, 11) is 0. The Morgan fingerprint density at radius 1 is 1.03 bits per heavy atom. The molecule has 0 bridgehead atoms. The van der Waals surface area contributed by atoms with Crippen molar-refractivity contribution >= 4 is 11.8 Å². The van der Waals surface area contributed by atoms with E-state index in [1.165, 1.54) is 6.42 Å². The van der Waals surface area contributed by atoms with Gasteiger partial charge < -0.3 is 15.0 Å². The van der Waals surface area contributed by atoms with Gasteiger partial charge in [-0.2, -0.15) is 0 Å². The molecule has 0 spiro atoms. The van der Waals surface area contributed by atoms with E-state index >= 15 is 0 Å². The molecule has 5 nitrogen and oxygen atoms in total. The van der Waals surface area contributed by atoms with E-state index in [4.69, 9.17) is 4.74 Å². The number of nitrogens with one attached hydrogen (secondary N) is 1. The molecular weight excluding hydrogens is 412 g/mol. The average Bonchev–Trinajstić information content (AvgIpc) is 2.79. The zero-order valence-electron chi connectivity index (χ0n) is 20.7. The highest BCUT2D eigenvalue weighted by Gasteiger charge is 2.28. The van der Waals surface area contributed by atoms with Gasteiger partial charge in [0.15, 0.2) is 6.61 Å². The second-order valence-electron chi connectivity index (χ2n) is 9.52. The molecule has 1 fully saturated rings. The van der Waals surface area contributed by atoms with Gasteiger partial charge in [0.1, 0.15) is 11.8 Å². The van der Waals surface area contributed by atoms with Crippen LogP contribution in [0.5, 0.6) is 5.75 Å². The molecule has 3 rings (SSSR count). The van der Waals surface area contributed by atoms with Crippen LogP contribution in [0, 0.1) is 27.7 Å². The van der Waals surface area contributed by atoms with Crippen LogP contribution in [0.1, 0.15) is 66.8 Å². The highest BCUT2D eigenvalue weighted by Crippen LogP contribution is 2.24. The van der Waals surface area contributed by atoms with Gasteiger partial charge in [-0.25, -0.2) is 0 Å². The third-order valence-corrected chi connectivity index (χ3v) is 6.67. The summed E-state index contributed by atoms with van der Waals surface area (Å²) in [5.74, 6) is 0.433. The van der Waals surface area contributed by atoms with Crippen molar-refractivity contribution in [3.05, 3.63) is 64.2 Å². The molecule has 178 valence electrons. The lowest BCUT2D eigenvalue weighted by atomic mass is 9.95. The summed E-state index contributed by atoms with van der Waals surface area (Å²) in [5, 5.41) is 3.18. The molecular formula is C28H38N2O3. The molecule has 2 aromatic carbocycles. The van der Waals surface area contributed by atoms with E-state index in [-0.39, 0.29) is 24.5 Å². The van der Waals surface area contributed by atoms with Crippen LogP contribution in [0.25, 0.3) is 0 Å². The largest absolute Gasteiger partial charge is 0.483 e. The zero-order valence-corrected chi connectivity index (χ0v) is 20.7. The zero-order chi connectivity index (χ0) is 24.0. The third kappa shape index (κ3) is 6.83. The van der Waals surface area contributed by atoms with E-state index in [1.54, 1.807) is 4.90 Å². The van der Waals surface area contributed by atoms with E-state index in [0.717, 1.165) is 59.3 Å². The number of hydrogen-bond donors (Lipinski definition) is 1. The number of carbonyl (C=O) groups is 2. The summed E-state index contributed by atoms with van der Waals surface area (Å²) in [4.78, 5) is 28.1. The summed E-state index contributed by atoms with van der Waals surface area (Å²) >= 11 is 0. The van der Waals surface area contributed by atoms with Crippen LogP contribution in [0.15, 0.2) is 36.4 Å². The minimum absolute atomic E-state index is 0.0921. The fourth-order valence-electron chi connectivity index (χ4n) is 4.53. The molecule has 0 heterocycles. The Bertz CT molecular complexity index is 979. The minimum atomic E-state index is -0.580. The molecule has 2 amide bonds. The number of rotatable bonds is 8. The molecule has 1 aliphatic rings. The predicted octanol–water partition coefficient (Wildman–Crippen LogP) is 5.17. The van der Waals surface area contributed by atoms with Crippen LogP contribution >= 0.6 is 0 Å². The van der Waals surface area contributed by atoms with Gasteiger partial charge in [0, 0.05) is 12.6 Å². The lowest BCUT2D eigenvalue weighted by Gasteiger charge is -2.31. The van der Waals surface area contributed by atoms with Gasteiger partial charge in [-0.3, -0.25) is 9.59 Å². The van der Waals surface area contributed by atoms with Gasteiger partial charge >= 0.3 is 0 Å². The lowest BCUT2D eigenvalue weighted by Crippen LogP contribution is -2.51. The number of ether oxygens (including phenoxy) is 1. The first kappa shape index (κ1) is 24.8. The van der Waals surface area contributed by atoms with E-state index in [2.05, 4.69) is 17.4 Å². The van der Waals surface area contributed by atoms with Crippen LogP contribution in [0.2, 0.25) is 0 Å². The van der Waals surface area contributed by atoms with Crippen LogP contribution in [-0.2, 0) is 16.1 Å². The maximum Gasteiger partial charge on any atom is 0.261 e.